The van der Waals surface area contributed by atoms with Gasteiger partial charge in [-0.25, -0.2) is 4.98 Å². The lowest BCUT2D eigenvalue weighted by Crippen LogP contribution is -2.45. The Kier molecular flexibility index (Phi) is 4.70. The van der Waals surface area contributed by atoms with Crippen molar-refractivity contribution in [2.24, 2.45) is 0 Å². The molecule has 3 nitrogen and oxygen atoms in total. The summed E-state index contributed by atoms with van der Waals surface area (Å²) in [6.45, 7) is 7.10. The van der Waals surface area contributed by atoms with Gasteiger partial charge in [0.1, 0.15) is 5.01 Å². The Bertz CT molecular complexity index is 301. The summed E-state index contributed by atoms with van der Waals surface area (Å²) in [5, 5.41) is 15.8. The van der Waals surface area contributed by atoms with Gasteiger partial charge in [-0.2, -0.15) is 0 Å². The van der Waals surface area contributed by atoms with E-state index in [0.717, 1.165) is 30.1 Å². The van der Waals surface area contributed by atoms with Gasteiger partial charge >= 0.3 is 0 Å². The summed E-state index contributed by atoms with van der Waals surface area (Å²) in [5.74, 6) is 0. The van der Waals surface area contributed by atoms with E-state index in [2.05, 4.69) is 24.1 Å². The van der Waals surface area contributed by atoms with Crippen LogP contribution in [-0.2, 0) is 6.54 Å². The maximum atomic E-state index is 9.32. The van der Waals surface area contributed by atoms with Crippen molar-refractivity contribution in [1.82, 2.24) is 10.3 Å². The molecule has 0 aliphatic heterocycles. The standard InChI is InChI=1S/C11H20N2OS/c1-4-5-11(3,8-14)12-6-10-13-9(2)7-15-10/h7,12,14H,4-6,8H2,1-3H3. The monoisotopic (exact) mass is 228 g/mol. The number of aliphatic hydroxyl groups is 1. The normalized spacial score (nSPS) is 15.2. The quantitative estimate of drug-likeness (QED) is 0.783. The maximum absolute atomic E-state index is 9.32. The van der Waals surface area contributed by atoms with Crippen LogP contribution in [0.1, 0.15) is 37.4 Å². The van der Waals surface area contributed by atoms with Crippen LogP contribution in [0.4, 0.5) is 0 Å². The van der Waals surface area contributed by atoms with Crippen LogP contribution in [0.25, 0.3) is 0 Å². The number of nitrogens with zero attached hydrogens (tertiary/aromatic N) is 1. The van der Waals surface area contributed by atoms with Crippen LogP contribution in [-0.4, -0.2) is 22.2 Å². The van der Waals surface area contributed by atoms with Gasteiger partial charge in [0.2, 0.25) is 0 Å². The summed E-state index contributed by atoms with van der Waals surface area (Å²) >= 11 is 1.66. The van der Waals surface area contributed by atoms with Gasteiger partial charge in [0, 0.05) is 23.2 Å². The van der Waals surface area contributed by atoms with E-state index in [1.807, 2.05) is 12.3 Å². The molecule has 0 bridgehead atoms. The van der Waals surface area contributed by atoms with Gasteiger partial charge in [0.25, 0.3) is 0 Å². The van der Waals surface area contributed by atoms with Crippen molar-refractivity contribution in [3.8, 4) is 0 Å². The first-order valence-electron chi connectivity index (χ1n) is 5.36. The molecular formula is C11H20N2OS. The molecule has 1 unspecified atom stereocenters. The Balaban J connectivity index is 2.47. The van der Waals surface area contributed by atoms with Crippen molar-refractivity contribution in [3.63, 3.8) is 0 Å². The minimum Gasteiger partial charge on any atom is -0.394 e. The highest BCUT2D eigenvalue weighted by atomic mass is 32.1. The molecule has 0 radical (unpaired) electrons. The summed E-state index contributed by atoms with van der Waals surface area (Å²) in [7, 11) is 0. The molecule has 1 aromatic rings. The highest BCUT2D eigenvalue weighted by Gasteiger charge is 2.21. The van der Waals surface area contributed by atoms with Crippen molar-refractivity contribution >= 4 is 11.3 Å². The number of thiazole rings is 1. The SMILES string of the molecule is CCCC(C)(CO)NCc1nc(C)cs1. The highest BCUT2D eigenvalue weighted by molar-refractivity contribution is 7.09. The maximum Gasteiger partial charge on any atom is 0.107 e. The molecule has 2 N–H and O–H groups in total. The molecule has 4 heteroatoms. The number of rotatable bonds is 6. The molecule has 0 amide bonds. The van der Waals surface area contributed by atoms with Gasteiger partial charge in [-0.15, -0.1) is 11.3 Å². The summed E-state index contributed by atoms with van der Waals surface area (Å²) in [6.07, 6.45) is 2.05. The molecule has 86 valence electrons. The summed E-state index contributed by atoms with van der Waals surface area (Å²) in [6, 6.07) is 0. The van der Waals surface area contributed by atoms with Crippen molar-refractivity contribution in [1.29, 1.82) is 0 Å². The molecule has 1 atom stereocenters. The van der Waals surface area contributed by atoms with Crippen molar-refractivity contribution in [3.05, 3.63) is 16.1 Å². The largest absolute Gasteiger partial charge is 0.394 e. The third-order valence-electron chi connectivity index (χ3n) is 2.48. The average molecular weight is 228 g/mol. The van der Waals surface area contributed by atoms with Crippen molar-refractivity contribution in [2.75, 3.05) is 6.61 Å². The summed E-state index contributed by atoms with van der Waals surface area (Å²) in [4.78, 5) is 4.38. The van der Waals surface area contributed by atoms with Crippen LogP contribution in [0.5, 0.6) is 0 Å². The number of hydrogen-bond acceptors (Lipinski definition) is 4. The van der Waals surface area contributed by atoms with E-state index in [-0.39, 0.29) is 12.1 Å². The summed E-state index contributed by atoms with van der Waals surface area (Å²) < 4.78 is 0. The van der Waals surface area contributed by atoms with Crippen LogP contribution in [0.2, 0.25) is 0 Å². The zero-order chi connectivity index (χ0) is 11.3. The van der Waals surface area contributed by atoms with Gasteiger partial charge < -0.3 is 10.4 Å². The van der Waals surface area contributed by atoms with Gasteiger partial charge in [-0.3, -0.25) is 0 Å². The Morgan fingerprint density at radius 3 is 2.80 bits per heavy atom. The van der Waals surface area contributed by atoms with Crippen LogP contribution >= 0.6 is 11.3 Å². The lowest BCUT2D eigenvalue weighted by atomic mass is 9.97. The van der Waals surface area contributed by atoms with E-state index in [9.17, 15) is 5.11 Å². The van der Waals surface area contributed by atoms with Crippen LogP contribution in [0, 0.1) is 6.92 Å². The van der Waals surface area contributed by atoms with Crippen LogP contribution < -0.4 is 5.32 Å². The Hall–Kier alpha value is -0.450. The Morgan fingerprint density at radius 2 is 2.33 bits per heavy atom. The van der Waals surface area contributed by atoms with Crippen LogP contribution in [0.15, 0.2) is 5.38 Å². The fourth-order valence-electron chi connectivity index (χ4n) is 1.55. The topological polar surface area (TPSA) is 45.1 Å². The van der Waals surface area contributed by atoms with Crippen molar-refractivity contribution in [2.45, 2.75) is 45.7 Å². The fourth-order valence-corrected chi connectivity index (χ4v) is 2.26. The van der Waals surface area contributed by atoms with E-state index >= 15 is 0 Å². The minimum atomic E-state index is -0.172. The zero-order valence-corrected chi connectivity index (χ0v) is 10.5. The van der Waals surface area contributed by atoms with Gasteiger partial charge in [-0.05, 0) is 20.3 Å². The lowest BCUT2D eigenvalue weighted by molar-refractivity contribution is 0.163. The number of aryl methyl sites for hydroxylation is 1. The Labute approximate surface area is 95.6 Å². The third-order valence-corrected chi connectivity index (χ3v) is 3.45. The zero-order valence-electron chi connectivity index (χ0n) is 9.71. The smallest absolute Gasteiger partial charge is 0.107 e. The van der Waals surface area contributed by atoms with Gasteiger partial charge in [0.05, 0.1) is 6.61 Å². The molecule has 15 heavy (non-hydrogen) atoms. The van der Waals surface area contributed by atoms with Gasteiger partial charge in [0.15, 0.2) is 0 Å². The molecule has 1 rings (SSSR count). The first-order valence-corrected chi connectivity index (χ1v) is 6.24. The van der Waals surface area contributed by atoms with E-state index in [4.69, 9.17) is 0 Å². The fraction of sp³-hybridized carbons (Fsp3) is 0.727. The number of aromatic nitrogens is 1. The van der Waals surface area contributed by atoms with E-state index < -0.39 is 0 Å². The molecule has 0 aromatic carbocycles. The first kappa shape index (κ1) is 12.6. The van der Waals surface area contributed by atoms with Crippen molar-refractivity contribution < 1.29 is 5.11 Å². The second kappa shape index (κ2) is 5.58. The Morgan fingerprint density at radius 1 is 1.60 bits per heavy atom. The molecule has 1 heterocycles. The number of nitrogens with one attached hydrogen (secondary N) is 1. The lowest BCUT2D eigenvalue weighted by Gasteiger charge is -2.28. The average Bonchev–Trinajstić information content (AvgIpc) is 2.62. The van der Waals surface area contributed by atoms with E-state index in [1.54, 1.807) is 11.3 Å². The van der Waals surface area contributed by atoms with E-state index in [1.165, 1.54) is 0 Å². The molecule has 0 aliphatic carbocycles. The second-order valence-electron chi connectivity index (χ2n) is 4.20. The molecule has 0 aliphatic rings. The minimum absolute atomic E-state index is 0.172. The number of aliphatic hydroxyl groups excluding tert-OH is 1. The summed E-state index contributed by atoms with van der Waals surface area (Å²) in [5.41, 5.74) is 0.895. The molecule has 0 spiro atoms. The van der Waals surface area contributed by atoms with Gasteiger partial charge in [-0.1, -0.05) is 13.3 Å². The van der Waals surface area contributed by atoms with Crippen LogP contribution in [0.3, 0.4) is 0 Å². The highest BCUT2D eigenvalue weighted by Crippen LogP contribution is 2.14. The number of hydrogen-bond donors (Lipinski definition) is 2. The molecule has 1 aromatic heterocycles. The predicted molar refractivity (Wildman–Crippen MR) is 64.1 cm³/mol. The molecule has 0 fully saturated rings. The predicted octanol–water partition coefficient (Wildman–Crippen LogP) is 2.09. The second-order valence-corrected chi connectivity index (χ2v) is 5.15. The third kappa shape index (κ3) is 3.89. The molecule has 0 saturated carbocycles. The molecule has 0 saturated heterocycles. The van der Waals surface area contributed by atoms with E-state index in [0.29, 0.717) is 0 Å². The molecular weight excluding hydrogens is 208 g/mol. The first-order chi connectivity index (χ1) is 7.09.